The van der Waals surface area contributed by atoms with Crippen molar-refractivity contribution in [2.24, 2.45) is 0 Å². The van der Waals surface area contributed by atoms with Crippen LogP contribution >= 0.6 is 0 Å². The molecule has 2 rings (SSSR count). The van der Waals surface area contributed by atoms with Gasteiger partial charge < -0.3 is 15.2 Å². The number of aryl methyl sites for hydroxylation is 1. The molecule has 0 saturated carbocycles. The van der Waals surface area contributed by atoms with Crippen molar-refractivity contribution in [1.82, 2.24) is 5.32 Å². The highest BCUT2D eigenvalue weighted by Crippen LogP contribution is 2.23. The van der Waals surface area contributed by atoms with Crippen LogP contribution in [0.3, 0.4) is 0 Å². The number of aliphatic hydroxyl groups is 1. The molecular formula is C19H21F2NO3. The minimum atomic E-state index is -1.63. The highest BCUT2D eigenvalue weighted by Gasteiger charge is 2.27. The molecule has 0 fully saturated rings. The summed E-state index contributed by atoms with van der Waals surface area (Å²) >= 11 is 0. The Morgan fingerprint density at radius 1 is 1.20 bits per heavy atom. The molecule has 2 aromatic rings. The van der Waals surface area contributed by atoms with Gasteiger partial charge in [0.1, 0.15) is 23.0 Å². The number of rotatable bonds is 7. The van der Waals surface area contributed by atoms with Gasteiger partial charge in [-0.2, -0.15) is 0 Å². The highest BCUT2D eigenvalue weighted by atomic mass is 19.1. The lowest BCUT2D eigenvalue weighted by atomic mass is 9.95. The van der Waals surface area contributed by atoms with Crippen molar-refractivity contribution in [2.75, 3.05) is 13.7 Å². The molecule has 0 bridgehead atoms. The molecule has 25 heavy (non-hydrogen) atoms. The molecule has 4 nitrogen and oxygen atoms in total. The van der Waals surface area contributed by atoms with E-state index in [1.807, 2.05) is 24.3 Å². The van der Waals surface area contributed by atoms with E-state index in [1.54, 1.807) is 7.11 Å². The Morgan fingerprint density at radius 2 is 1.88 bits per heavy atom. The van der Waals surface area contributed by atoms with E-state index < -0.39 is 17.2 Å². The Labute approximate surface area is 145 Å². The smallest absolute Gasteiger partial charge is 0.220 e. The van der Waals surface area contributed by atoms with Crippen LogP contribution in [0.15, 0.2) is 42.5 Å². The lowest BCUT2D eigenvalue weighted by molar-refractivity contribution is -0.122. The summed E-state index contributed by atoms with van der Waals surface area (Å²) < 4.78 is 31.8. The summed E-state index contributed by atoms with van der Waals surface area (Å²) in [6, 6.07) is 10.3. The van der Waals surface area contributed by atoms with Gasteiger partial charge in [-0.1, -0.05) is 18.2 Å². The number of amides is 1. The van der Waals surface area contributed by atoms with Crippen molar-refractivity contribution in [3.05, 3.63) is 65.2 Å². The number of nitrogens with one attached hydrogen (secondary N) is 1. The van der Waals surface area contributed by atoms with Crippen molar-refractivity contribution >= 4 is 5.91 Å². The van der Waals surface area contributed by atoms with Crippen molar-refractivity contribution in [1.29, 1.82) is 0 Å². The van der Waals surface area contributed by atoms with Crippen LogP contribution < -0.4 is 10.1 Å². The maximum Gasteiger partial charge on any atom is 0.220 e. The van der Waals surface area contributed by atoms with Gasteiger partial charge in [0.2, 0.25) is 5.91 Å². The van der Waals surface area contributed by atoms with Crippen LogP contribution in [-0.2, 0) is 16.8 Å². The molecule has 6 heteroatoms. The molecule has 0 saturated heterocycles. The number of hydrogen-bond acceptors (Lipinski definition) is 3. The monoisotopic (exact) mass is 349 g/mol. The predicted molar refractivity (Wildman–Crippen MR) is 90.3 cm³/mol. The lowest BCUT2D eigenvalue weighted by Crippen LogP contribution is -2.39. The summed E-state index contributed by atoms with van der Waals surface area (Å²) in [6.45, 7) is 1.20. The third-order valence-corrected chi connectivity index (χ3v) is 3.94. The Balaban J connectivity index is 1.87. The first kappa shape index (κ1) is 18.9. The van der Waals surface area contributed by atoms with Crippen molar-refractivity contribution in [3.63, 3.8) is 0 Å². The topological polar surface area (TPSA) is 58.6 Å². The quantitative estimate of drug-likeness (QED) is 0.808. The van der Waals surface area contributed by atoms with Crippen LogP contribution in [-0.4, -0.2) is 24.7 Å². The van der Waals surface area contributed by atoms with Crippen molar-refractivity contribution < 1.29 is 23.4 Å². The number of ether oxygens (including phenoxy) is 1. The summed E-state index contributed by atoms with van der Waals surface area (Å²) in [7, 11) is 1.58. The van der Waals surface area contributed by atoms with Crippen LogP contribution in [0.4, 0.5) is 8.78 Å². The largest absolute Gasteiger partial charge is 0.497 e. The zero-order chi connectivity index (χ0) is 18.4. The van der Waals surface area contributed by atoms with E-state index >= 15 is 0 Å². The van der Waals surface area contributed by atoms with E-state index in [4.69, 9.17) is 4.74 Å². The van der Waals surface area contributed by atoms with Crippen molar-refractivity contribution in [3.8, 4) is 5.75 Å². The summed E-state index contributed by atoms with van der Waals surface area (Å²) in [5.74, 6) is -1.10. The van der Waals surface area contributed by atoms with E-state index in [9.17, 15) is 18.7 Å². The van der Waals surface area contributed by atoms with Gasteiger partial charge in [-0.15, -0.1) is 0 Å². The van der Waals surface area contributed by atoms with Gasteiger partial charge in [0.05, 0.1) is 13.7 Å². The van der Waals surface area contributed by atoms with E-state index in [0.717, 1.165) is 17.4 Å². The first-order valence-corrected chi connectivity index (χ1v) is 7.89. The Hall–Kier alpha value is -2.47. The minimum absolute atomic E-state index is 0.0654. The summed E-state index contributed by atoms with van der Waals surface area (Å²) in [6.07, 6.45) is 0.761. The second-order valence-corrected chi connectivity index (χ2v) is 6.02. The number of hydrogen-bond donors (Lipinski definition) is 2. The zero-order valence-electron chi connectivity index (χ0n) is 14.2. The standard InChI is InChI=1S/C19H21F2NO3/c1-19(24,16-9-6-14(20)11-17(16)21)12-22-18(23)10-5-13-3-7-15(25-2)8-4-13/h3-4,6-9,11,24H,5,10,12H2,1-2H3,(H,22,23)/t19-/m0/s1. The number of halogens is 2. The van der Waals surface area contributed by atoms with Gasteiger partial charge in [0, 0.05) is 18.1 Å². The second-order valence-electron chi connectivity index (χ2n) is 6.02. The zero-order valence-corrected chi connectivity index (χ0v) is 14.2. The first-order valence-electron chi connectivity index (χ1n) is 7.89. The SMILES string of the molecule is COc1ccc(CCC(=O)NC[C@](C)(O)c2ccc(F)cc2F)cc1. The van der Waals surface area contributed by atoms with Crippen LogP contribution in [0.1, 0.15) is 24.5 Å². The molecule has 134 valence electrons. The molecule has 0 aromatic heterocycles. The number of carbonyl (C=O) groups is 1. The van der Waals surface area contributed by atoms with Crippen LogP contribution in [0, 0.1) is 11.6 Å². The second kappa shape index (κ2) is 8.07. The van der Waals surface area contributed by atoms with E-state index in [-0.39, 0.29) is 24.4 Å². The molecule has 0 radical (unpaired) electrons. The Kier molecular flexibility index (Phi) is 6.09. The summed E-state index contributed by atoms with van der Waals surface area (Å²) in [5, 5.41) is 12.9. The first-order chi connectivity index (χ1) is 11.8. The molecule has 0 heterocycles. The van der Waals surface area contributed by atoms with Crippen LogP contribution in [0.2, 0.25) is 0 Å². The molecule has 0 unspecified atom stereocenters. The lowest BCUT2D eigenvalue weighted by Gasteiger charge is -2.24. The fraction of sp³-hybridized carbons (Fsp3) is 0.316. The molecule has 0 aliphatic rings. The minimum Gasteiger partial charge on any atom is -0.497 e. The maximum atomic E-state index is 13.8. The van der Waals surface area contributed by atoms with E-state index in [2.05, 4.69) is 5.32 Å². The molecule has 0 spiro atoms. The number of benzene rings is 2. The average molecular weight is 349 g/mol. The Morgan fingerprint density at radius 3 is 2.48 bits per heavy atom. The number of methoxy groups -OCH3 is 1. The summed E-state index contributed by atoms with van der Waals surface area (Å²) in [5.41, 5.74) is -0.718. The molecule has 2 aromatic carbocycles. The van der Waals surface area contributed by atoms with Gasteiger partial charge in [-0.05, 0) is 37.1 Å². The van der Waals surface area contributed by atoms with E-state index in [1.165, 1.54) is 13.0 Å². The predicted octanol–water partition coefficient (Wildman–Crippen LogP) is 2.93. The average Bonchev–Trinajstić information content (AvgIpc) is 2.58. The third-order valence-electron chi connectivity index (χ3n) is 3.94. The van der Waals surface area contributed by atoms with Gasteiger partial charge in [-0.25, -0.2) is 8.78 Å². The highest BCUT2D eigenvalue weighted by molar-refractivity contribution is 5.76. The van der Waals surface area contributed by atoms with Gasteiger partial charge >= 0.3 is 0 Å². The molecule has 0 aliphatic heterocycles. The molecule has 1 atom stereocenters. The molecule has 1 amide bonds. The summed E-state index contributed by atoms with van der Waals surface area (Å²) in [4.78, 5) is 12.0. The van der Waals surface area contributed by atoms with E-state index in [0.29, 0.717) is 12.5 Å². The molecule has 2 N–H and O–H groups in total. The molecular weight excluding hydrogens is 328 g/mol. The van der Waals surface area contributed by atoms with Crippen LogP contribution in [0.5, 0.6) is 5.75 Å². The fourth-order valence-corrected chi connectivity index (χ4v) is 2.43. The van der Waals surface area contributed by atoms with Gasteiger partial charge in [0.25, 0.3) is 0 Å². The maximum absolute atomic E-state index is 13.8. The molecule has 0 aliphatic carbocycles. The van der Waals surface area contributed by atoms with Gasteiger partial charge in [-0.3, -0.25) is 4.79 Å². The normalized spacial score (nSPS) is 13.2. The van der Waals surface area contributed by atoms with Crippen molar-refractivity contribution in [2.45, 2.75) is 25.4 Å². The number of carbonyl (C=O) groups excluding carboxylic acids is 1. The third kappa shape index (κ3) is 5.26. The Bertz CT molecular complexity index is 730. The fourth-order valence-electron chi connectivity index (χ4n) is 2.43. The van der Waals surface area contributed by atoms with Crippen LogP contribution in [0.25, 0.3) is 0 Å². The van der Waals surface area contributed by atoms with Gasteiger partial charge in [0.15, 0.2) is 0 Å².